The van der Waals surface area contributed by atoms with E-state index in [4.69, 9.17) is 10.5 Å². The number of nitrogens with two attached hydrogens (primary N) is 1. The molecule has 2 aromatic rings. The van der Waals surface area contributed by atoms with E-state index in [-0.39, 0.29) is 31.4 Å². The number of primary amides is 1. The summed E-state index contributed by atoms with van der Waals surface area (Å²) >= 11 is 3.37. The summed E-state index contributed by atoms with van der Waals surface area (Å²) in [4.78, 5) is 37.8. The van der Waals surface area contributed by atoms with Gasteiger partial charge >= 0.3 is 0 Å². The zero-order valence-electron chi connectivity index (χ0n) is 15.8. The number of anilines is 2. The lowest BCUT2D eigenvalue weighted by Crippen LogP contribution is -2.50. The van der Waals surface area contributed by atoms with Crippen molar-refractivity contribution in [3.63, 3.8) is 0 Å². The topological polar surface area (TPSA) is 114 Å². The van der Waals surface area contributed by atoms with Gasteiger partial charge < -0.3 is 26.0 Å². The van der Waals surface area contributed by atoms with Gasteiger partial charge in [0, 0.05) is 10.2 Å². The van der Waals surface area contributed by atoms with Crippen molar-refractivity contribution in [2.45, 2.75) is 13.0 Å². The molecule has 4 N–H and O–H groups in total. The maximum Gasteiger partial charge on any atom is 0.260 e. The van der Waals surface area contributed by atoms with Crippen molar-refractivity contribution < 1.29 is 19.1 Å². The van der Waals surface area contributed by atoms with E-state index in [0.29, 0.717) is 17.1 Å². The fourth-order valence-corrected chi connectivity index (χ4v) is 3.45. The minimum Gasteiger partial charge on any atom is -0.477 e. The largest absolute Gasteiger partial charge is 0.477 e. The summed E-state index contributed by atoms with van der Waals surface area (Å²) < 4.78 is 6.49. The second-order valence-electron chi connectivity index (χ2n) is 6.64. The molecular weight excluding hydrogens is 440 g/mol. The van der Waals surface area contributed by atoms with Crippen molar-refractivity contribution >= 4 is 45.0 Å². The lowest BCUT2D eigenvalue weighted by Gasteiger charge is -2.34. The molecule has 0 aliphatic carbocycles. The summed E-state index contributed by atoms with van der Waals surface area (Å²) in [7, 11) is 0. The number of rotatable bonds is 6. The van der Waals surface area contributed by atoms with Gasteiger partial charge in [-0.3, -0.25) is 14.4 Å². The number of halogens is 1. The Kier molecular flexibility index (Phi) is 6.38. The van der Waals surface area contributed by atoms with Gasteiger partial charge in [-0.2, -0.15) is 0 Å². The van der Waals surface area contributed by atoms with Crippen LogP contribution in [0.3, 0.4) is 0 Å². The third-order valence-corrected chi connectivity index (χ3v) is 4.92. The Morgan fingerprint density at radius 3 is 2.69 bits per heavy atom. The molecule has 0 aromatic heterocycles. The number of benzene rings is 2. The Bertz CT molecular complexity index is 950. The fraction of sp³-hybridized carbons (Fsp3) is 0.250. The number of hydrogen-bond acceptors (Lipinski definition) is 5. The highest BCUT2D eigenvalue weighted by molar-refractivity contribution is 9.10. The average Bonchev–Trinajstić information content (AvgIpc) is 2.68. The van der Waals surface area contributed by atoms with Gasteiger partial charge in [-0.15, -0.1) is 0 Å². The molecule has 0 spiro atoms. The third-order valence-electron chi connectivity index (χ3n) is 4.42. The summed E-state index contributed by atoms with van der Waals surface area (Å²) in [5, 5.41) is 5.36. The molecule has 1 heterocycles. The summed E-state index contributed by atoms with van der Waals surface area (Å²) in [5.74, 6) is -0.804. The number of nitrogens with one attached hydrogen (secondary N) is 2. The van der Waals surface area contributed by atoms with E-state index in [0.717, 1.165) is 10.0 Å². The number of carbonyl (C=O) groups is 3. The van der Waals surface area contributed by atoms with E-state index in [2.05, 4.69) is 26.6 Å². The van der Waals surface area contributed by atoms with Gasteiger partial charge in [0.25, 0.3) is 5.91 Å². The molecule has 3 amide bonds. The predicted octanol–water partition coefficient (Wildman–Crippen LogP) is 1.57. The first-order chi connectivity index (χ1) is 13.8. The highest BCUT2D eigenvalue weighted by Gasteiger charge is 2.30. The molecule has 0 saturated carbocycles. The lowest BCUT2D eigenvalue weighted by atomic mass is 10.2. The Morgan fingerprint density at radius 2 is 1.97 bits per heavy atom. The molecule has 0 radical (unpaired) electrons. The number of para-hydroxylation sites is 2. The molecule has 1 aliphatic heterocycles. The molecule has 152 valence electrons. The third kappa shape index (κ3) is 5.26. The van der Waals surface area contributed by atoms with Crippen LogP contribution in [0.5, 0.6) is 5.75 Å². The lowest BCUT2D eigenvalue weighted by molar-refractivity contribution is -0.125. The molecular formula is C20H21BrN4O4. The van der Waals surface area contributed by atoms with Crippen molar-refractivity contribution in [1.29, 1.82) is 0 Å². The van der Waals surface area contributed by atoms with Crippen molar-refractivity contribution in [2.75, 3.05) is 29.9 Å². The van der Waals surface area contributed by atoms with Crippen LogP contribution in [0, 0.1) is 6.92 Å². The number of amides is 3. The second-order valence-corrected chi connectivity index (χ2v) is 7.56. The zero-order valence-corrected chi connectivity index (χ0v) is 17.4. The van der Waals surface area contributed by atoms with Crippen molar-refractivity contribution in [3.8, 4) is 5.75 Å². The van der Waals surface area contributed by atoms with Crippen LogP contribution in [0.25, 0.3) is 0 Å². The Morgan fingerprint density at radius 1 is 1.21 bits per heavy atom. The summed E-state index contributed by atoms with van der Waals surface area (Å²) in [6.07, 6.45) is -0.846. The van der Waals surface area contributed by atoms with Gasteiger partial charge in [0.1, 0.15) is 5.75 Å². The van der Waals surface area contributed by atoms with E-state index in [1.807, 2.05) is 25.1 Å². The molecule has 0 fully saturated rings. The molecule has 0 unspecified atom stereocenters. The summed E-state index contributed by atoms with van der Waals surface area (Å²) in [6.45, 7) is 1.84. The van der Waals surface area contributed by atoms with E-state index < -0.39 is 12.0 Å². The van der Waals surface area contributed by atoms with E-state index >= 15 is 0 Å². The predicted molar refractivity (Wildman–Crippen MR) is 113 cm³/mol. The van der Waals surface area contributed by atoms with Gasteiger partial charge in [0.05, 0.1) is 25.3 Å². The SMILES string of the molecule is Cc1cc(Br)ccc1NC(=O)CNC(=O)CN1C[C@H](C(N)=O)Oc2ccccc21. The quantitative estimate of drug-likeness (QED) is 0.605. The number of hydrogen-bond donors (Lipinski definition) is 3. The smallest absolute Gasteiger partial charge is 0.260 e. The van der Waals surface area contributed by atoms with Crippen molar-refractivity contribution in [1.82, 2.24) is 5.32 Å². The van der Waals surface area contributed by atoms with E-state index in [1.54, 1.807) is 29.2 Å². The van der Waals surface area contributed by atoms with Gasteiger partial charge in [0.2, 0.25) is 11.8 Å². The fourth-order valence-electron chi connectivity index (χ4n) is 2.97. The van der Waals surface area contributed by atoms with Crippen LogP contribution in [0.1, 0.15) is 5.56 Å². The first-order valence-corrected chi connectivity index (χ1v) is 9.75. The number of aryl methyl sites for hydroxylation is 1. The highest BCUT2D eigenvalue weighted by atomic mass is 79.9. The monoisotopic (exact) mass is 460 g/mol. The molecule has 9 heteroatoms. The van der Waals surface area contributed by atoms with Gasteiger partial charge in [0.15, 0.2) is 6.10 Å². The maximum atomic E-state index is 12.4. The molecule has 8 nitrogen and oxygen atoms in total. The standard InChI is InChI=1S/C20H21BrN4O4/c1-12-8-13(21)6-7-14(12)24-18(26)9-23-19(27)11-25-10-17(20(22)28)29-16-5-3-2-4-15(16)25/h2-8,17H,9-11H2,1H3,(H2,22,28)(H,23,27)(H,24,26)/t17-/m1/s1. The summed E-state index contributed by atoms with van der Waals surface area (Å²) in [6, 6.07) is 12.6. The van der Waals surface area contributed by atoms with Crippen LogP contribution in [0.2, 0.25) is 0 Å². The van der Waals surface area contributed by atoms with E-state index in [9.17, 15) is 14.4 Å². The Labute approximate surface area is 176 Å². The number of nitrogens with zero attached hydrogens (tertiary/aromatic N) is 1. The molecule has 29 heavy (non-hydrogen) atoms. The maximum absolute atomic E-state index is 12.4. The minimum absolute atomic E-state index is 0.0330. The van der Waals surface area contributed by atoms with Crippen molar-refractivity contribution in [2.24, 2.45) is 5.73 Å². The second kappa shape index (κ2) is 8.95. The van der Waals surface area contributed by atoms with Crippen LogP contribution in [0.4, 0.5) is 11.4 Å². The molecule has 0 bridgehead atoms. The van der Waals surface area contributed by atoms with Gasteiger partial charge in [-0.05, 0) is 42.8 Å². The van der Waals surface area contributed by atoms with Gasteiger partial charge in [-0.1, -0.05) is 28.1 Å². The molecule has 0 saturated heterocycles. The highest BCUT2D eigenvalue weighted by Crippen LogP contribution is 2.32. The van der Waals surface area contributed by atoms with E-state index in [1.165, 1.54) is 0 Å². The van der Waals surface area contributed by atoms with Crippen LogP contribution in [-0.2, 0) is 14.4 Å². The van der Waals surface area contributed by atoms with Crippen LogP contribution >= 0.6 is 15.9 Å². The zero-order chi connectivity index (χ0) is 21.0. The van der Waals surface area contributed by atoms with Crippen LogP contribution in [0.15, 0.2) is 46.9 Å². The van der Waals surface area contributed by atoms with Gasteiger partial charge in [-0.25, -0.2) is 0 Å². The Balaban J connectivity index is 1.57. The molecule has 1 atom stereocenters. The normalized spacial score (nSPS) is 15.1. The first-order valence-electron chi connectivity index (χ1n) is 8.96. The van der Waals surface area contributed by atoms with Crippen LogP contribution in [-0.4, -0.2) is 43.5 Å². The number of fused-ring (bicyclic) bond motifs is 1. The molecule has 2 aromatic carbocycles. The number of carbonyl (C=O) groups excluding carboxylic acids is 3. The minimum atomic E-state index is -0.846. The first kappa shape index (κ1) is 20.7. The van der Waals surface area contributed by atoms with Crippen LogP contribution < -0.4 is 26.0 Å². The molecule has 3 rings (SSSR count). The van der Waals surface area contributed by atoms with Crippen molar-refractivity contribution in [3.05, 3.63) is 52.5 Å². The average molecular weight is 461 g/mol. The number of ether oxygens (including phenoxy) is 1. The summed E-state index contributed by atoms with van der Waals surface area (Å²) in [5.41, 5.74) is 7.64. The molecule has 1 aliphatic rings. The Hall–Kier alpha value is -3.07.